The number of carboxylic acids is 1. The van der Waals surface area contributed by atoms with Crippen LogP contribution >= 0.6 is 0 Å². The SMILES string of the molecule is COC(=O)COc1cccc2c1c1c(C(N)=O)cccc1n2Cc1ccccc1F.NC(=O)c1cccc2c1c1c(OCC(=O)O)cccc1n2Cc1ccccc1F. The minimum absolute atomic E-state index is 0.220. The maximum atomic E-state index is 14.4. The summed E-state index contributed by atoms with van der Waals surface area (Å²) in [6.07, 6.45) is 0. The molecule has 0 unspecified atom stereocenters. The van der Waals surface area contributed by atoms with Crippen molar-refractivity contribution in [2.45, 2.75) is 13.1 Å². The van der Waals surface area contributed by atoms with Crippen molar-refractivity contribution >= 4 is 67.4 Å². The number of carbonyl (C=O) groups excluding carboxylic acids is 3. The summed E-state index contributed by atoms with van der Waals surface area (Å²) >= 11 is 0. The molecule has 0 saturated heterocycles. The highest BCUT2D eigenvalue weighted by atomic mass is 19.1. The van der Waals surface area contributed by atoms with E-state index >= 15 is 0 Å². The summed E-state index contributed by atoms with van der Waals surface area (Å²) in [4.78, 5) is 46.8. The lowest BCUT2D eigenvalue weighted by Crippen LogP contribution is -2.13. The van der Waals surface area contributed by atoms with Gasteiger partial charge in [0, 0.05) is 33.0 Å². The minimum atomic E-state index is -1.12. The fraction of sp³-hybridized carbons (Fsp3) is 0.111. The van der Waals surface area contributed by atoms with Gasteiger partial charge in [0.2, 0.25) is 11.8 Å². The molecule has 12 nitrogen and oxygen atoms in total. The van der Waals surface area contributed by atoms with Gasteiger partial charge in [-0.25, -0.2) is 18.4 Å². The van der Waals surface area contributed by atoms with Crippen molar-refractivity contribution < 1.29 is 47.3 Å². The number of carbonyl (C=O) groups is 4. The Labute approximate surface area is 334 Å². The van der Waals surface area contributed by atoms with Crippen LogP contribution in [0.15, 0.2) is 121 Å². The molecule has 0 spiro atoms. The molecule has 2 amide bonds. The van der Waals surface area contributed by atoms with Crippen LogP contribution in [-0.4, -0.2) is 58.3 Å². The topological polar surface area (TPSA) is 178 Å². The van der Waals surface area contributed by atoms with E-state index in [1.165, 1.54) is 19.2 Å². The summed E-state index contributed by atoms with van der Waals surface area (Å²) in [6.45, 7) is -0.348. The minimum Gasteiger partial charge on any atom is -0.481 e. The van der Waals surface area contributed by atoms with Gasteiger partial charge in [0.25, 0.3) is 0 Å². The molecule has 0 bridgehead atoms. The molecule has 8 aromatic rings. The van der Waals surface area contributed by atoms with Gasteiger partial charge in [-0.3, -0.25) is 9.59 Å². The van der Waals surface area contributed by atoms with Gasteiger partial charge < -0.3 is 39.9 Å². The molecule has 0 atom stereocenters. The van der Waals surface area contributed by atoms with Crippen molar-refractivity contribution in [2.24, 2.45) is 11.5 Å². The first kappa shape index (κ1) is 39.5. The summed E-state index contributed by atoms with van der Waals surface area (Å²) < 4.78 is 48.2. The monoisotopic (exact) mass is 798 g/mol. The Balaban J connectivity index is 0.000000179. The number of aliphatic carboxylic acids is 1. The molecule has 2 heterocycles. The molecule has 0 fully saturated rings. The van der Waals surface area contributed by atoms with E-state index in [1.54, 1.807) is 84.9 Å². The van der Waals surface area contributed by atoms with Crippen LogP contribution in [0.2, 0.25) is 0 Å². The Morgan fingerprint density at radius 2 is 0.932 bits per heavy atom. The van der Waals surface area contributed by atoms with Crippen LogP contribution in [0.5, 0.6) is 11.5 Å². The van der Waals surface area contributed by atoms with Crippen LogP contribution in [0.4, 0.5) is 8.78 Å². The Morgan fingerprint density at radius 1 is 0.542 bits per heavy atom. The lowest BCUT2D eigenvalue weighted by Gasteiger charge is -2.10. The molecular weight excluding hydrogens is 763 g/mol. The van der Waals surface area contributed by atoms with Gasteiger partial charge in [0.05, 0.1) is 53.0 Å². The Kier molecular flexibility index (Phi) is 11.2. The van der Waals surface area contributed by atoms with E-state index in [-0.39, 0.29) is 36.9 Å². The third kappa shape index (κ3) is 7.83. The first-order valence-electron chi connectivity index (χ1n) is 18.2. The van der Waals surface area contributed by atoms with Crippen molar-refractivity contribution in [1.82, 2.24) is 9.13 Å². The fourth-order valence-corrected chi connectivity index (χ4v) is 7.23. The highest BCUT2D eigenvalue weighted by Crippen LogP contribution is 2.40. The number of aromatic nitrogens is 2. The number of hydrogen-bond acceptors (Lipinski definition) is 7. The molecule has 0 radical (unpaired) electrons. The number of hydrogen-bond donors (Lipinski definition) is 3. The van der Waals surface area contributed by atoms with E-state index < -0.39 is 30.4 Å². The summed E-state index contributed by atoms with van der Waals surface area (Å²) in [5.41, 5.74) is 15.6. The molecule has 0 saturated carbocycles. The second-order valence-corrected chi connectivity index (χ2v) is 13.3. The fourth-order valence-electron chi connectivity index (χ4n) is 7.23. The Morgan fingerprint density at radius 3 is 1.32 bits per heavy atom. The normalized spacial score (nSPS) is 11.0. The molecule has 0 aliphatic carbocycles. The van der Waals surface area contributed by atoms with Gasteiger partial charge in [0.15, 0.2) is 13.2 Å². The number of nitrogens with zero attached hydrogens (tertiary/aromatic N) is 2. The number of benzene rings is 6. The van der Waals surface area contributed by atoms with Gasteiger partial charge in [0.1, 0.15) is 23.1 Å². The number of esters is 1. The maximum Gasteiger partial charge on any atom is 0.343 e. The molecule has 5 N–H and O–H groups in total. The number of primary amides is 2. The van der Waals surface area contributed by atoms with Crippen molar-refractivity contribution in [3.63, 3.8) is 0 Å². The molecule has 0 aliphatic rings. The molecule has 59 heavy (non-hydrogen) atoms. The Bertz CT molecular complexity index is 2940. The zero-order valence-electron chi connectivity index (χ0n) is 31.5. The van der Waals surface area contributed by atoms with E-state index in [4.69, 9.17) is 26.0 Å². The van der Waals surface area contributed by atoms with Gasteiger partial charge in [-0.15, -0.1) is 0 Å². The number of ether oxygens (including phenoxy) is 3. The molecule has 8 rings (SSSR count). The van der Waals surface area contributed by atoms with Crippen LogP contribution in [0.1, 0.15) is 31.8 Å². The van der Waals surface area contributed by atoms with Crippen LogP contribution in [-0.2, 0) is 27.4 Å². The number of rotatable bonds is 12. The van der Waals surface area contributed by atoms with Crippen molar-refractivity contribution in [2.75, 3.05) is 20.3 Å². The standard InChI is InChI=1S/C23H19FN2O4.C22H17FN2O4/c1-29-20(27)13-30-19-11-5-10-18-22(19)21-15(23(25)28)7-4-9-17(21)26(18)12-14-6-2-3-8-16(14)24;23-15-7-2-1-5-13(15)11-25-16-8-3-6-14(22(24)28)20(16)21-17(25)9-4-10-18(21)29-12-19(26)27/h2-11H,12-13H2,1H3,(H2,25,28);1-10H,11-12H2,(H2,24,28)(H,26,27). The second-order valence-electron chi connectivity index (χ2n) is 13.3. The summed E-state index contributed by atoms with van der Waals surface area (Å²) in [5, 5.41) is 11.3. The lowest BCUT2D eigenvalue weighted by molar-refractivity contribution is -0.143. The second kappa shape index (κ2) is 16.8. The number of fused-ring (bicyclic) bond motifs is 6. The smallest absolute Gasteiger partial charge is 0.343 e. The third-order valence-electron chi connectivity index (χ3n) is 9.78. The highest BCUT2D eigenvalue weighted by molar-refractivity contribution is 6.21. The molecule has 6 aromatic carbocycles. The Hall–Kier alpha value is -7.74. The summed E-state index contributed by atoms with van der Waals surface area (Å²) in [6, 6.07) is 33.8. The number of amides is 2. The van der Waals surface area contributed by atoms with Crippen LogP contribution < -0.4 is 20.9 Å². The molecule has 2 aromatic heterocycles. The number of methoxy groups -OCH3 is 1. The molecule has 0 aliphatic heterocycles. The predicted molar refractivity (Wildman–Crippen MR) is 218 cm³/mol. The summed E-state index contributed by atoms with van der Waals surface area (Å²) in [5.74, 6) is -2.80. The van der Waals surface area contributed by atoms with Gasteiger partial charge >= 0.3 is 11.9 Å². The first-order valence-corrected chi connectivity index (χ1v) is 18.2. The lowest BCUT2D eigenvalue weighted by atomic mass is 10.1. The predicted octanol–water partition coefficient (Wildman–Crippen LogP) is 7.18. The molecular formula is C45H36F2N4O8. The maximum absolute atomic E-state index is 14.4. The molecule has 298 valence electrons. The van der Waals surface area contributed by atoms with E-state index in [0.717, 1.165) is 5.52 Å². The summed E-state index contributed by atoms with van der Waals surface area (Å²) in [7, 11) is 1.28. The average molecular weight is 799 g/mol. The van der Waals surface area contributed by atoms with E-state index in [1.807, 2.05) is 33.4 Å². The molecule has 14 heteroatoms. The largest absolute Gasteiger partial charge is 0.481 e. The number of halogens is 2. The third-order valence-corrected chi connectivity index (χ3v) is 9.78. The number of nitrogens with two attached hydrogens (primary N) is 2. The van der Waals surface area contributed by atoms with E-state index in [2.05, 4.69) is 4.74 Å². The van der Waals surface area contributed by atoms with Crippen LogP contribution in [0, 0.1) is 11.6 Å². The van der Waals surface area contributed by atoms with Gasteiger partial charge in [-0.1, -0.05) is 60.7 Å². The van der Waals surface area contributed by atoms with Crippen molar-refractivity contribution in [3.05, 3.63) is 155 Å². The quantitative estimate of drug-likeness (QED) is 0.109. The number of carboxylic acid groups (broad SMARTS) is 1. The van der Waals surface area contributed by atoms with Crippen molar-refractivity contribution in [1.29, 1.82) is 0 Å². The zero-order valence-corrected chi connectivity index (χ0v) is 31.5. The first-order chi connectivity index (χ1) is 28.5. The van der Waals surface area contributed by atoms with E-state index in [0.29, 0.717) is 66.3 Å². The van der Waals surface area contributed by atoms with Crippen LogP contribution in [0.25, 0.3) is 43.6 Å². The van der Waals surface area contributed by atoms with Gasteiger partial charge in [-0.2, -0.15) is 0 Å². The van der Waals surface area contributed by atoms with Crippen LogP contribution in [0.3, 0.4) is 0 Å². The average Bonchev–Trinajstić information content (AvgIpc) is 3.73. The van der Waals surface area contributed by atoms with Crippen molar-refractivity contribution in [3.8, 4) is 11.5 Å². The van der Waals surface area contributed by atoms with E-state index in [9.17, 15) is 28.0 Å². The van der Waals surface area contributed by atoms with Gasteiger partial charge in [-0.05, 0) is 60.7 Å². The zero-order chi connectivity index (χ0) is 41.8. The highest BCUT2D eigenvalue weighted by Gasteiger charge is 2.22.